The third-order valence-corrected chi connectivity index (χ3v) is 4.13. The molecule has 1 heterocycles. The van der Waals surface area contributed by atoms with Gasteiger partial charge in [-0.25, -0.2) is 4.39 Å². The van der Waals surface area contributed by atoms with Gasteiger partial charge in [-0.15, -0.1) is 0 Å². The van der Waals surface area contributed by atoms with Gasteiger partial charge in [0.25, 0.3) is 5.91 Å². The van der Waals surface area contributed by atoms with E-state index in [1.807, 2.05) is 0 Å². The fourth-order valence-corrected chi connectivity index (χ4v) is 2.97. The van der Waals surface area contributed by atoms with E-state index >= 15 is 0 Å². The van der Waals surface area contributed by atoms with Gasteiger partial charge in [0.1, 0.15) is 5.82 Å². The van der Waals surface area contributed by atoms with Crippen molar-refractivity contribution in [3.63, 3.8) is 0 Å². The van der Waals surface area contributed by atoms with Crippen LogP contribution in [0.2, 0.25) is 10.0 Å². The highest BCUT2D eigenvalue weighted by atomic mass is 35.5. The van der Waals surface area contributed by atoms with E-state index in [1.165, 1.54) is 6.07 Å². The Morgan fingerprint density at radius 3 is 2.38 bits per heavy atom. The Balaban J connectivity index is 2.04. The number of rotatable bonds is 3. The van der Waals surface area contributed by atoms with Crippen LogP contribution in [0.5, 0.6) is 0 Å². The number of hydrogen-bond acceptors (Lipinski definition) is 2. The molecular weight excluding hydrogens is 314 g/mol. The summed E-state index contributed by atoms with van der Waals surface area (Å²) < 4.78 is 13.5. The maximum Gasteiger partial charge on any atom is 0.255 e. The average molecular weight is 333 g/mol. The lowest BCUT2D eigenvalue weighted by molar-refractivity contribution is 0.0623. The Bertz CT molecular complexity index is 529. The summed E-state index contributed by atoms with van der Waals surface area (Å²) in [5, 5.41) is 0.120. The number of nitrogens with zero attached hydrogens (tertiary/aromatic N) is 2. The van der Waals surface area contributed by atoms with E-state index in [0.29, 0.717) is 19.0 Å². The van der Waals surface area contributed by atoms with Crippen molar-refractivity contribution in [2.45, 2.75) is 13.8 Å². The summed E-state index contributed by atoms with van der Waals surface area (Å²) in [5.41, 5.74) is 0.177. The fraction of sp³-hybridized carbons (Fsp3) is 0.533. The van der Waals surface area contributed by atoms with Crippen molar-refractivity contribution in [1.29, 1.82) is 0 Å². The first-order chi connectivity index (χ1) is 9.88. The molecule has 116 valence electrons. The van der Waals surface area contributed by atoms with Crippen LogP contribution < -0.4 is 0 Å². The predicted octanol–water partition coefficient (Wildman–Crippen LogP) is 3.55. The molecule has 1 aliphatic rings. The lowest BCUT2D eigenvalue weighted by Gasteiger charge is -2.35. The molecule has 1 aliphatic heterocycles. The van der Waals surface area contributed by atoms with E-state index in [4.69, 9.17) is 23.2 Å². The van der Waals surface area contributed by atoms with E-state index in [9.17, 15) is 9.18 Å². The monoisotopic (exact) mass is 332 g/mol. The van der Waals surface area contributed by atoms with Crippen LogP contribution in [-0.4, -0.2) is 48.4 Å². The smallest absolute Gasteiger partial charge is 0.255 e. The summed E-state index contributed by atoms with van der Waals surface area (Å²) in [5.74, 6) is -0.255. The van der Waals surface area contributed by atoms with Gasteiger partial charge in [0.05, 0.1) is 15.6 Å². The van der Waals surface area contributed by atoms with Crippen molar-refractivity contribution in [3.05, 3.63) is 33.6 Å². The number of halogens is 3. The van der Waals surface area contributed by atoms with Crippen molar-refractivity contribution in [2.24, 2.45) is 5.92 Å². The highest BCUT2D eigenvalue weighted by Gasteiger charge is 2.24. The molecule has 0 aromatic heterocycles. The molecule has 0 atom stereocenters. The van der Waals surface area contributed by atoms with Crippen LogP contribution in [0.1, 0.15) is 24.2 Å². The maximum atomic E-state index is 13.5. The molecule has 0 radical (unpaired) electrons. The molecule has 1 aromatic carbocycles. The van der Waals surface area contributed by atoms with Gasteiger partial charge < -0.3 is 4.90 Å². The van der Waals surface area contributed by atoms with Crippen LogP contribution in [0, 0.1) is 11.7 Å². The Morgan fingerprint density at radius 1 is 1.19 bits per heavy atom. The van der Waals surface area contributed by atoms with Gasteiger partial charge >= 0.3 is 0 Å². The fourth-order valence-electron chi connectivity index (χ4n) is 2.51. The SMILES string of the molecule is CC(C)CN1CCN(C(=O)c2cc(F)c(Cl)cc2Cl)CC1. The number of amides is 1. The second-order valence-corrected chi connectivity index (χ2v) is 6.55. The Kier molecular flexibility index (Phi) is 5.47. The van der Waals surface area contributed by atoms with Crippen molar-refractivity contribution >= 4 is 29.1 Å². The van der Waals surface area contributed by atoms with Crippen molar-refractivity contribution in [1.82, 2.24) is 9.80 Å². The zero-order valence-electron chi connectivity index (χ0n) is 12.2. The molecule has 1 amide bonds. The lowest BCUT2D eigenvalue weighted by atomic mass is 10.1. The molecule has 0 spiro atoms. The minimum Gasteiger partial charge on any atom is -0.336 e. The van der Waals surface area contributed by atoms with Gasteiger partial charge in [-0.2, -0.15) is 0 Å². The van der Waals surface area contributed by atoms with Crippen LogP contribution in [-0.2, 0) is 0 Å². The van der Waals surface area contributed by atoms with Crippen LogP contribution in [0.4, 0.5) is 4.39 Å². The molecule has 3 nitrogen and oxygen atoms in total. The first kappa shape index (κ1) is 16.5. The van der Waals surface area contributed by atoms with E-state index in [2.05, 4.69) is 18.7 Å². The number of hydrogen-bond donors (Lipinski definition) is 0. The molecule has 21 heavy (non-hydrogen) atoms. The van der Waals surface area contributed by atoms with E-state index in [1.54, 1.807) is 4.90 Å². The molecule has 0 N–H and O–H groups in total. The second-order valence-electron chi connectivity index (χ2n) is 5.73. The third-order valence-electron chi connectivity index (χ3n) is 3.52. The first-order valence-corrected chi connectivity index (χ1v) is 7.80. The van der Waals surface area contributed by atoms with Crippen LogP contribution in [0.15, 0.2) is 12.1 Å². The van der Waals surface area contributed by atoms with E-state index < -0.39 is 5.82 Å². The normalized spacial score (nSPS) is 16.6. The van der Waals surface area contributed by atoms with Crippen LogP contribution in [0.25, 0.3) is 0 Å². The molecule has 1 saturated heterocycles. The third kappa shape index (κ3) is 4.09. The molecule has 1 aromatic rings. The predicted molar refractivity (Wildman–Crippen MR) is 83.6 cm³/mol. The summed E-state index contributed by atoms with van der Waals surface area (Å²) in [6.07, 6.45) is 0. The van der Waals surface area contributed by atoms with Gasteiger partial charge in [0.2, 0.25) is 0 Å². The van der Waals surface area contributed by atoms with Gasteiger partial charge in [-0.1, -0.05) is 37.0 Å². The second kappa shape index (κ2) is 6.95. The van der Waals surface area contributed by atoms with Crippen LogP contribution in [0.3, 0.4) is 0 Å². The summed E-state index contributed by atoms with van der Waals surface area (Å²) in [6.45, 7) is 8.30. The Labute approximate surface area is 134 Å². The quantitative estimate of drug-likeness (QED) is 0.790. The molecule has 0 saturated carbocycles. The zero-order chi connectivity index (χ0) is 15.6. The maximum absolute atomic E-state index is 13.5. The molecule has 0 bridgehead atoms. The molecule has 0 aliphatic carbocycles. The van der Waals surface area contributed by atoms with E-state index in [-0.39, 0.29) is 21.5 Å². The van der Waals surface area contributed by atoms with Gasteiger partial charge in [-0.3, -0.25) is 9.69 Å². The Hall–Kier alpha value is -0.840. The summed E-state index contributed by atoms with van der Waals surface area (Å²) in [7, 11) is 0. The van der Waals surface area contributed by atoms with Gasteiger partial charge in [0.15, 0.2) is 0 Å². The number of carbonyl (C=O) groups excluding carboxylic acids is 1. The number of piperazine rings is 1. The van der Waals surface area contributed by atoms with Crippen molar-refractivity contribution in [2.75, 3.05) is 32.7 Å². The minimum atomic E-state index is -0.622. The lowest BCUT2D eigenvalue weighted by Crippen LogP contribution is -2.49. The number of carbonyl (C=O) groups is 1. The molecule has 1 fully saturated rings. The molecule has 6 heteroatoms. The first-order valence-electron chi connectivity index (χ1n) is 7.04. The minimum absolute atomic E-state index is 0.0710. The summed E-state index contributed by atoms with van der Waals surface area (Å²) in [6, 6.07) is 2.40. The van der Waals surface area contributed by atoms with Gasteiger partial charge in [0, 0.05) is 32.7 Å². The number of benzene rings is 1. The molecular formula is C15H19Cl2FN2O. The van der Waals surface area contributed by atoms with Crippen molar-refractivity contribution in [3.8, 4) is 0 Å². The Morgan fingerprint density at radius 2 is 1.81 bits per heavy atom. The molecule has 2 rings (SSSR count). The summed E-state index contributed by atoms with van der Waals surface area (Å²) in [4.78, 5) is 16.5. The summed E-state index contributed by atoms with van der Waals surface area (Å²) >= 11 is 11.7. The zero-order valence-corrected chi connectivity index (χ0v) is 13.7. The van der Waals surface area contributed by atoms with E-state index in [0.717, 1.165) is 25.7 Å². The highest BCUT2D eigenvalue weighted by Crippen LogP contribution is 2.25. The highest BCUT2D eigenvalue weighted by molar-refractivity contribution is 6.36. The molecule has 0 unspecified atom stereocenters. The largest absolute Gasteiger partial charge is 0.336 e. The van der Waals surface area contributed by atoms with Crippen LogP contribution >= 0.6 is 23.2 Å². The average Bonchev–Trinajstić information content (AvgIpc) is 2.42. The van der Waals surface area contributed by atoms with Gasteiger partial charge in [-0.05, 0) is 18.1 Å². The van der Waals surface area contributed by atoms with Crippen molar-refractivity contribution < 1.29 is 9.18 Å². The topological polar surface area (TPSA) is 23.6 Å². The standard InChI is InChI=1S/C15H19Cl2FN2O/c1-10(2)9-19-3-5-20(6-4-19)15(21)11-7-14(18)13(17)8-12(11)16/h7-8,10H,3-6,9H2,1-2H3.